The van der Waals surface area contributed by atoms with E-state index in [0.29, 0.717) is 11.4 Å². The first-order valence-corrected chi connectivity index (χ1v) is 11.0. The van der Waals surface area contributed by atoms with E-state index in [2.05, 4.69) is 4.98 Å². The molecule has 8 nitrogen and oxygen atoms in total. The highest BCUT2D eigenvalue weighted by molar-refractivity contribution is 7.54. The molecule has 0 unspecified atom stereocenters. The monoisotopic (exact) mass is 424 g/mol. The molecule has 2 rings (SSSR count). The van der Waals surface area contributed by atoms with Crippen molar-refractivity contribution in [2.45, 2.75) is 39.9 Å². The number of phenolic OH excluding ortho intramolecular Hbond substituents is 1. The van der Waals surface area contributed by atoms with Crippen molar-refractivity contribution in [1.29, 1.82) is 0 Å². The summed E-state index contributed by atoms with van der Waals surface area (Å²) < 4.78 is 35.5. The summed E-state index contributed by atoms with van der Waals surface area (Å²) in [5.41, 5.74) is 1.24. The number of pyridine rings is 1. The molecule has 0 atom stereocenters. The van der Waals surface area contributed by atoms with Gasteiger partial charge in [-0.3, -0.25) is 9.55 Å². The molecule has 9 heteroatoms. The van der Waals surface area contributed by atoms with Crippen LogP contribution in [0.5, 0.6) is 17.2 Å². The maximum atomic E-state index is 13.5. The lowest BCUT2D eigenvalue weighted by Crippen LogP contribution is -2.23. The molecule has 0 radical (unpaired) electrons. The maximum absolute atomic E-state index is 13.5. The normalized spacial score (nSPS) is 11.7. The fraction of sp³-hybridized carbons (Fsp3) is 0.450. The Balaban J connectivity index is 2.58. The van der Waals surface area contributed by atoms with Crippen LogP contribution >= 0.6 is 7.60 Å². The molecule has 160 valence electrons. The lowest BCUT2D eigenvalue weighted by Gasteiger charge is -2.31. The molecule has 1 N–H and O–H groups in total. The molecule has 1 aromatic carbocycles. The predicted molar refractivity (Wildman–Crippen MR) is 113 cm³/mol. The van der Waals surface area contributed by atoms with Crippen molar-refractivity contribution in [2.75, 3.05) is 25.4 Å². The van der Waals surface area contributed by atoms with Gasteiger partial charge in [-0.1, -0.05) is 0 Å². The van der Waals surface area contributed by atoms with Gasteiger partial charge in [0.2, 0.25) is 5.75 Å². The topological polar surface area (TPSA) is 90.4 Å². The van der Waals surface area contributed by atoms with Gasteiger partial charge in [0.15, 0.2) is 11.5 Å². The summed E-state index contributed by atoms with van der Waals surface area (Å²) in [6.45, 7) is 7.21. The number of rotatable bonds is 10. The number of methoxy groups -OCH3 is 2. The van der Waals surface area contributed by atoms with Crippen molar-refractivity contribution in [3.63, 3.8) is 0 Å². The van der Waals surface area contributed by atoms with Gasteiger partial charge in [-0.25, -0.2) is 0 Å². The van der Waals surface area contributed by atoms with Crippen LogP contribution in [0.15, 0.2) is 36.7 Å². The Kier molecular flexibility index (Phi) is 7.90. The highest BCUT2D eigenvalue weighted by Gasteiger charge is 2.32. The third-order valence-electron chi connectivity index (χ3n) is 3.79. The summed E-state index contributed by atoms with van der Waals surface area (Å²) >= 11 is 0. The van der Waals surface area contributed by atoms with Gasteiger partial charge in [0.1, 0.15) is 6.29 Å². The highest BCUT2D eigenvalue weighted by atomic mass is 31.2. The molecular weight excluding hydrogens is 395 g/mol. The molecule has 0 fully saturated rings. The fourth-order valence-electron chi connectivity index (χ4n) is 2.77. The second-order valence-electron chi connectivity index (χ2n) is 6.90. The van der Waals surface area contributed by atoms with E-state index in [-0.39, 0.29) is 35.7 Å². The minimum absolute atomic E-state index is 0.0634. The van der Waals surface area contributed by atoms with Crippen molar-refractivity contribution >= 4 is 19.0 Å². The van der Waals surface area contributed by atoms with Gasteiger partial charge in [0.25, 0.3) is 0 Å². The van der Waals surface area contributed by atoms with Gasteiger partial charge in [-0.2, -0.15) is 0 Å². The standard InChI is InChI=1S/C20H29N2O6P/c1-14(2)27-29(24,28-15(3)4)13-22(16-8-7-9-21-12-16)17-10-18(25-5)20(23)19(11-17)26-6/h7-12,14-15,23H,13H2,1-6H3. The first-order chi connectivity index (χ1) is 13.7. The van der Waals surface area contributed by atoms with Crippen molar-refractivity contribution in [3.05, 3.63) is 36.7 Å². The minimum Gasteiger partial charge on any atom is -0.502 e. The third kappa shape index (κ3) is 6.10. The Labute approximate surface area is 171 Å². The minimum atomic E-state index is -3.52. The summed E-state index contributed by atoms with van der Waals surface area (Å²) in [4.78, 5) is 5.90. The molecule has 0 amide bonds. The van der Waals surface area contributed by atoms with E-state index in [9.17, 15) is 9.67 Å². The van der Waals surface area contributed by atoms with Crippen LogP contribution in [-0.2, 0) is 13.6 Å². The lowest BCUT2D eigenvalue weighted by molar-refractivity contribution is 0.143. The van der Waals surface area contributed by atoms with Gasteiger partial charge in [0.05, 0.1) is 38.3 Å². The van der Waals surface area contributed by atoms with Crippen LogP contribution in [0.25, 0.3) is 0 Å². The molecule has 1 aromatic heterocycles. The number of phenols is 1. The number of benzene rings is 1. The molecule has 2 aromatic rings. The molecule has 0 bridgehead atoms. The van der Waals surface area contributed by atoms with Crippen LogP contribution in [0.2, 0.25) is 0 Å². The number of aromatic nitrogens is 1. The first-order valence-electron chi connectivity index (χ1n) is 9.27. The lowest BCUT2D eigenvalue weighted by atomic mass is 10.2. The second-order valence-corrected chi connectivity index (χ2v) is 8.83. The zero-order valence-corrected chi connectivity index (χ0v) is 18.6. The van der Waals surface area contributed by atoms with Crippen LogP contribution in [0.1, 0.15) is 27.7 Å². The largest absolute Gasteiger partial charge is 0.502 e. The van der Waals surface area contributed by atoms with E-state index in [1.54, 1.807) is 63.2 Å². The van der Waals surface area contributed by atoms with Gasteiger partial charge in [-0.05, 0) is 39.8 Å². The zero-order valence-electron chi connectivity index (χ0n) is 17.7. The quantitative estimate of drug-likeness (QED) is 0.536. The third-order valence-corrected chi connectivity index (χ3v) is 5.91. The maximum Gasteiger partial charge on any atom is 0.350 e. The van der Waals surface area contributed by atoms with Crippen LogP contribution in [0.3, 0.4) is 0 Å². The van der Waals surface area contributed by atoms with E-state index in [4.69, 9.17) is 18.5 Å². The average molecular weight is 424 g/mol. The second kappa shape index (κ2) is 9.96. The van der Waals surface area contributed by atoms with Gasteiger partial charge < -0.3 is 28.5 Å². The molecule has 0 spiro atoms. The number of ether oxygens (including phenoxy) is 2. The summed E-state index contributed by atoms with van der Waals surface area (Å²) in [7, 11) is -0.632. The van der Waals surface area contributed by atoms with Gasteiger partial charge in [-0.15, -0.1) is 0 Å². The van der Waals surface area contributed by atoms with Crippen LogP contribution < -0.4 is 14.4 Å². The number of aromatic hydroxyl groups is 1. The summed E-state index contributed by atoms with van der Waals surface area (Å²) in [6.07, 6.45) is 2.64. The average Bonchev–Trinajstić information content (AvgIpc) is 2.66. The van der Waals surface area contributed by atoms with E-state index >= 15 is 0 Å². The van der Waals surface area contributed by atoms with E-state index in [1.807, 2.05) is 6.07 Å². The fourth-order valence-corrected chi connectivity index (χ4v) is 4.91. The SMILES string of the molecule is COc1cc(N(CP(=O)(OC(C)C)OC(C)C)c2cccnc2)cc(OC)c1O. The number of nitrogens with zero attached hydrogens (tertiary/aromatic N) is 2. The summed E-state index contributed by atoms with van der Waals surface area (Å²) in [6, 6.07) is 6.85. The van der Waals surface area contributed by atoms with Crippen LogP contribution in [-0.4, -0.2) is 42.8 Å². The smallest absolute Gasteiger partial charge is 0.350 e. The van der Waals surface area contributed by atoms with Gasteiger partial charge >= 0.3 is 7.60 Å². The Bertz CT molecular complexity index is 805. The molecule has 0 saturated heterocycles. The van der Waals surface area contributed by atoms with Crippen molar-refractivity contribution in [2.24, 2.45) is 0 Å². The summed E-state index contributed by atoms with van der Waals surface area (Å²) in [5.74, 6) is 0.320. The van der Waals surface area contributed by atoms with Crippen LogP contribution in [0, 0.1) is 0 Å². The van der Waals surface area contributed by atoms with E-state index < -0.39 is 7.60 Å². The molecule has 1 heterocycles. The molecule has 0 aliphatic heterocycles. The van der Waals surface area contributed by atoms with E-state index in [1.165, 1.54) is 14.2 Å². The number of hydrogen-bond acceptors (Lipinski definition) is 8. The number of hydrogen-bond donors (Lipinski definition) is 1. The Hall–Kier alpha value is -2.28. The predicted octanol–water partition coefficient (Wildman–Crippen LogP) is 4.94. The first kappa shape index (κ1) is 23.0. The molecule has 0 aliphatic rings. The molecule has 29 heavy (non-hydrogen) atoms. The highest BCUT2D eigenvalue weighted by Crippen LogP contribution is 2.53. The van der Waals surface area contributed by atoms with E-state index in [0.717, 1.165) is 0 Å². The molecule has 0 saturated carbocycles. The Morgan fingerprint density at radius 2 is 1.59 bits per heavy atom. The Morgan fingerprint density at radius 3 is 2.00 bits per heavy atom. The van der Waals surface area contributed by atoms with Crippen molar-refractivity contribution in [3.8, 4) is 17.2 Å². The van der Waals surface area contributed by atoms with Crippen molar-refractivity contribution in [1.82, 2.24) is 4.98 Å². The van der Waals surface area contributed by atoms with Crippen molar-refractivity contribution < 1.29 is 28.2 Å². The van der Waals surface area contributed by atoms with Crippen LogP contribution in [0.4, 0.5) is 11.4 Å². The molecule has 0 aliphatic carbocycles. The van der Waals surface area contributed by atoms with Gasteiger partial charge in [0, 0.05) is 24.0 Å². The summed E-state index contributed by atoms with van der Waals surface area (Å²) in [5, 5.41) is 10.3. The number of anilines is 2. The molecular formula is C20H29N2O6P. The Morgan fingerprint density at radius 1 is 1.03 bits per heavy atom. The zero-order chi connectivity index (χ0) is 21.6.